The molecule has 1 fully saturated rings. The van der Waals surface area contributed by atoms with E-state index in [0.717, 1.165) is 10.9 Å². The van der Waals surface area contributed by atoms with Crippen LogP contribution in [0.15, 0.2) is 6.33 Å². The first-order valence-electron chi connectivity index (χ1n) is 6.54. The van der Waals surface area contributed by atoms with E-state index in [1.807, 2.05) is 0 Å². The van der Waals surface area contributed by atoms with Crippen LogP contribution in [0.25, 0.3) is 11.2 Å². The van der Waals surface area contributed by atoms with Crippen LogP contribution >= 0.6 is 7.82 Å². The van der Waals surface area contributed by atoms with Crippen LogP contribution in [0.3, 0.4) is 0 Å². The minimum Gasteiger partial charge on any atom is -0.857 e. The maximum absolute atomic E-state index is 11.7. The van der Waals surface area contributed by atoms with Gasteiger partial charge in [0.15, 0.2) is 11.9 Å². The van der Waals surface area contributed by atoms with E-state index in [1.165, 1.54) is 0 Å². The topological polar surface area (TPSA) is 212 Å². The molecule has 16 heteroatoms. The second-order valence-electron chi connectivity index (χ2n) is 5.02. The number of nitrogens with zero attached hydrogens (tertiary/aromatic N) is 4. The molecule has 5 N–H and O–H groups in total. The molecule has 132 valence electrons. The molecule has 5 atom stereocenters. The van der Waals surface area contributed by atoms with E-state index in [0.29, 0.717) is 0 Å². The molecule has 0 aliphatic carbocycles. The maximum atomic E-state index is 11.7. The summed E-state index contributed by atoms with van der Waals surface area (Å²) in [7, 11) is -5.02. The van der Waals surface area contributed by atoms with E-state index in [4.69, 9.17) is 15.4 Å². The average Bonchev–Trinajstić information content (AvgIpc) is 3.00. The number of aromatic nitrogens is 4. The van der Waals surface area contributed by atoms with Crippen molar-refractivity contribution in [3.8, 4) is 5.88 Å². The number of hydrogen-bond acceptors (Lipinski definition) is 11. The van der Waals surface area contributed by atoms with Crippen molar-refractivity contribution >= 4 is 24.9 Å². The van der Waals surface area contributed by atoms with Gasteiger partial charge in [0.05, 0.1) is 12.9 Å². The molecular weight excluding hydrogens is 395 g/mol. The van der Waals surface area contributed by atoms with Gasteiger partial charge >= 0.3 is 59.1 Å². The fourth-order valence-corrected chi connectivity index (χ4v) is 2.69. The first kappa shape index (κ1) is 24.2. The largest absolute Gasteiger partial charge is 1.00 e. The number of hydrogen-bond donors (Lipinski definition) is 4. The van der Waals surface area contributed by atoms with Crippen LogP contribution in [0.4, 0.5) is 5.95 Å². The standard InChI is InChI=1S/C10H14N5O8P.2Na/c11-10-13-7-4(8(18)14-10)12-2-15(7)9-6(17)5(16)3(23-9)1-22-24(19,20)21;;/h2-3,5-6,9,16-17H,1H2,(H2,19,20,21)(H3,11,13,14,18);;/q;2*+1/p-2. The summed E-state index contributed by atoms with van der Waals surface area (Å²) < 4.78 is 21.3. The molecule has 1 aliphatic heterocycles. The van der Waals surface area contributed by atoms with E-state index in [1.54, 1.807) is 0 Å². The van der Waals surface area contributed by atoms with E-state index >= 15 is 0 Å². The summed E-state index contributed by atoms with van der Waals surface area (Å²) in [6.07, 6.45) is -4.40. The van der Waals surface area contributed by atoms with Gasteiger partial charge in [-0.25, -0.2) is 9.97 Å². The third-order valence-corrected chi connectivity index (χ3v) is 3.90. The molecule has 0 radical (unpaired) electrons. The molecule has 3 heterocycles. The van der Waals surface area contributed by atoms with Gasteiger partial charge in [0.2, 0.25) is 5.95 Å². The molecule has 0 spiro atoms. The molecule has 26 heavy (non-hydrogen) atoms. The van der Waals surface area contributed by atoms with Crippen LogP contribution in [-0.4, -0.2) is 59.5 Å². The summed E-state index contributed by atoms with van der Waals surface area (Å²) in [5.74, 6) is -1.04. The quantitative estimate of drug-likeness (QED) is 0.275. The Morgan fingerprint density at radius 3 is 2.62 bits per heavy atom. The normalized spacial score (nSPS) is 27.5. The number of phosphoric acid groups is 1. The Morgan fingerprint density at radius 2 is 2.00 bits per heavy atom. The Balaban J connectivity index is 0.00000169. The molecule has 13 nitrogen and oxygen atoms in total. The van der Waals surface area contributed by atoms with Crippen molar-refractivity contribution in [2.24, 2.45) is 0 Å². The Hall–Kier alpha value is 0.140. The smallest absolute Gasteiger partial charge is 0.857 e. The first-order valence-corrected chi connectivity index (χ1v) is 8.04. The van der Waals surface area contributed by atoms with Gasteiger partial charge in [-0.3, -0.25) is 9.13 Å². The van der Waals surface area contributed by atoms with Gasteiger partial charge in [-0.15, -0.1) is 0 Å². The summed E-state index contributed by atoms with van der Waals surface area (Å²) in [6.45, 7) is -0.720. The van der Waals surface area contributed by atoms with Crippen molar-refractivity contribution < 1.29 is 98.0 Å². The maximum Gasteiger partial charge on any atom is 1.00 e. The predicted octanol–water partition coefficient (Wildman–Crippen LogP) is -9.41. The number of anilines is 1. The summed E-state index contributed by atoms with van der Waals surface area (Å²) in [5, 5.41) is 31.7. The number of fused-ring (bicyclic) bond motifs is 1. The van der Waals surface area contributed by atoms with Crippen molar-refractivity contribution in [2.45, 2.75) is 24.5 Å². The number of imidazole rings is 1. The molecular formula is C10H12N5Na2O8P. The molecule has 2 aromatic rings. The zero-order chi connectivity index (χ0) is 17.6. The van der Waals surface area contributed by atoms with Crippen LogP contribution in [0.5, 0.6) is 5.88 Å². The molecule has 5 unspecified atom stereocenters. The summed E-state index contributed by atoms with van der Waals surface area (Å²) in [4.78, 5) is 30.3. The van der Waals surface area contributed by atoms with Crippen LogP contribution in [0.2, 0.25) is 0 Å². The first-order chi connectivity index (χ1) is 11.2. The minimum atomic E-state index is -5.02. The summed E-state index contributed by atoms with van der Waals surface area (Å²) in [6, 6.07) is 0. The van der Waals surface area contributed by atoms with Crippen molar-refractivity contribution in [3.63, 3.8) is 0 Å². The van der Waals surface area contributed by atoms with Crippen molar-refractivity contribution in [3.05, 3.63) is 6.33 Å². The average molecular weight is 407 g/mol. The molecule has 3 rings (SSSR count). The molecule has 2 aromatic heterocycles. The Morgan fingerprint density at radius 1 is 1.35 bits per heavy atom. The van der Waals surface area contributed by atoms with E-state index in [9.17, 15) is 24.8 Å². The second-order valence-corrected chi connectivity index (χ2v) is 6.22. The van der Waals surface area contributed by atoms with Gasteiger partial charge in [0.1, 0.15) is 23.8 Å². The molecule has 1 saturated heterocycles. The van der Waals surface area contributed by atoms with Gasteiger partial charge in [-0.05, 0) is 0 Å². The summed E-state index contributed by atoms with van der Waals surface area (Å²) >= 11 is 0. The number of ether oxygens (including phenoxy) is 1. The van der Waals surface area contributed by atoms with Gasteiger partial charge in [0, 0.05) is 5.88 Å². The van der Waals surface area contributed by atoms with Gasteiger partial charge in [-0.1, -0.05) is 0 Å². The fourth-order valence-electron chi connectivity index (χ4n) is 2.36. The number of rotatable bonds is 4. The zero-order valence-electron chi connectivity index (χ0n) is 13.8. The monoisotopic (exact) mass is 407 g/mol. The number of aliphatic hydroxyl groups excluding tert-OH is 2. The molecule has 0 aromatic carbocycles. The van der Waals surface area contributed by atoms with Crippen LogP contribution in [-0.2, 0) is 13.8 Å². The zero-order valence-corrected chi connectivity index (χ0v) is 18.7. The Labute approximate surface area is 190 Å². The third-order valence-electron chi connectivity index (χ3n) is 3.42. The SMILES string of the molecule is Nc1nc([O-])c2ncn(C3OC(COP(=O)([O-])O)C(O)C3O)c2n1.[Na+].[Na+]. The number of nitrogens with two attached hydrogens (primary N) is 1. The van der Waals surface area contributed by atoms with Crippen molar-refractivity contribution in [2.75, 3.05) is 12.3 Å². The number of aliphatic hydroxyl groups is 2. The van der Waals surface area contributed by atoms with Gasteiger partial charge in [0.25, 0.3) is 7.82 Å². The molecule has 0 saturated carbocycles. The van der Waals surface area contributed by atoms with Crippen LogP contribution in [0, 0.1) is 0 Å². The second kappa shape index (κ2) is 9.09. The number of phosphoric ester groups is 1. The van der Waals surface area contributed by atoms with Gasteiger partial charge in [-0.2, -0.15) is 4.98 Å². The van der Waals surface area contributed by atoms with Crippen molar-refractivity contribution in [1.82, 2.24) is 19.5 Å². The van der Waals surface area contributed by atoms with E-state index in [2.05, 4.69) is 19.5 Å². The fraction of sp³-hybridized carbons (Fsp3) is 0.500. The molecule has 1 aliphatic rings. The summed E-state index contributed by atoms with van der Waals surface area (Å²) in [5.41, 5.74) is 5.26. The van der Waals surface area contributed by atoms with Crippen LogP contribution < -0.4 is 74.8 Å². The Kier molecular flexibility index (Phi) is 8.46. The number of nitrogen functional groups attached to an aromatic ring is 1. The molecule has 0 amide bonds. The van der Waals surface area contributed by atoms with Crippen molar-refractivity contribution in [1.29, 1.82) is 0 Å². The predicted molar refractivity (Wildman–Crippen MR) is 70.9 cm³/mol. The van der Waals surface area contributed by atoms with Crippen LogP contribution in [0.1, 0.15) is 6.23 Å². The third kappa shape index (κ3) is 4.94. The Bertz CT molecular complexity index is 818. The van der Waals surface area contributed by atoms with E-state index < -0.39 is 44.8 Å². The van der Waals surface area contributed by atoms with E-state index in [-0.39, 0.29) is 76.2 Å². The van der Waals surface area contributed by atoms with Gasteiger partial charge < -0.3 is 40.1 Å². The molecule has 0 bridgehead atoms. The minimum absolute atomic E-state index is 0.